The van der Waals surface area contributed by atoms with Gasteiger partial charge in [0.25, 0.3) is 0 Å². The Hall–Kier alpha value is -3.33. The summed E-state index contributed by atoms with van der Waals surface area (Å²) in [6.07, 6.45) is 2.95. The van der Waals surface area contributed by atoms with Crippen molar-refractivity contribution in [3.05, 3.63) is 101 Å². The van der Waals surface area contributed by atoms with Crippen LogP contribution in [-0.2, 0) is 19.9 Å². The fourth-order valence-corrected chi connectivity index (χ4v) is 4.88. The Morgan fingerprint density at radius 2 is 1.77 bits per heavy atom. The fraction of sp³-hybridized carbons (Fsp3) is 0.222. The molecule has 0 N–H and O–H groups in total. The Morgan fingerprint density at radius 1 is 1.03 bits per heavy atom. The second-order valence-corrected chi connectivity index (χ2v) is 7.94. The van der Waals surface area contributed by atoms with Gasteiger partial charge in [-0.2, -0.15) is 0 Å². The number of rotatable bonds is 4. The molecule has 3 heteroatoms. The number of benzene rings is 3. The zero-order valence-electron chi connectivity index (χ0n) is 17.2. The molecule has 150 valence electrons. The van der Waals surface area contributed by atoms with Crippen molar-refractivity contribution in [2.75, 3.05) is 6.61 Å². The van der Waals surface area contributed by atoms with Crippen molar-refractivity contribution in [3.8, 4) is 0 Å². The number of carbonyl (C=O) groups excluding carboxylic acids is 1. The van der Waals surface area contributed by atoms with Gasteiger partial charge in [0, 0.05) is 11.5 Å². The summed E-state index contributed by atoms with van der Waals surface area (Å²) in [4.78, 5) is 12.8. The van der Waals surface area contributed by atoms with E-state index in [9.17, 15) is 4.79 Å². The van der Waals surface area contributed by atoms with Gasteiger partial charge in [0.15, 0.2) is 5.60 Å². The summed E-state index contributed by atoms with van der Waals surface area (Å²) >= 11 is 0. The highest BCUT2D eigenvalue weighted by atomic mass is 16.5. The third-order valence-electron chi connectivity index (χ3n) is 6.22. The van der Waals surface area contributed by atoms with Crippen molar-refractivity contribution >= 4 is 22.3 Å². The number of hydrogen-bond acceptors (Lipinski definition) is 3. The molecular weight excluding hydrogens is 372 g/mol. The maximum Gasteiger partial charge on any atom is 0.337 e. The smallest absolute Gasteiger partial charge is 0.337 e. The van der Waals surface area contributed by atoms with E-state index < -0.39 is 5.60 Å². The largest absolute Gasteiger partial charge is 0.482 e. The second kappa shape index (κ2) is 7.17. The van der Waals surface area contributed by atoms with Gasteiger partial charge in [0.2, 0.25) is 0 Å². The molecular formula is C27H24O3. The average Bonchev–Trinajstić information content (AvgIpc) is 3.27. The number of fused-ring (bicyclic) bond motifs is 2. The average molecular weight is 396 g/mol. The van der Waals surface area contributed by atoms with E-state index in [4.69, 9.17) is 9.47 Å². The first-order valence-electron chi connectivity index (χ1n) is 10.5. The van der Waals surface area contributed by atoms with Crippen molar-refractivity contribution < 1.29 is 14.3 Å². The van der Waals surface area contributed by atoms with Crippen molar-refractivity contribution in [2.24, 2.45) is 5.92 Å². The standard InChI is InChI=1S/C27H24O3/c1-3-29-26(28)25-18(2)30-27(23-14-13-20-11-7-8-12-21(20)15-23)17-22(16-24(25)27)19-9-5-4-6-10-19/h4-15,17,24H,3,16H2,1-2H3/t24-,27+/m0/s1. The Bertz CT molecular complexity index is 1190. The highest BCUT2D eigenvalue weighted by Gasteiger charge is 2.54. The summed E-state index contributed by atoms with van der Waals surface area (Å²) in [5, 5.41) is 2.35. The molecule has 0 bridgehead atoms. The van der Waals surface area contributed by atoms with Crippen molar-refractivity contribution in [3.63, 3.8) is 0 Å². The summed E-state index contributed by atoms with van der Waals surface area (Å²) in [6, 6.07) is 25.1. The van der Waals surface area contributed by atoms with Gasteiger partial charge in [-0.3, -0.25) is 0 Å². The Morgan fingerprint density at radius 3 is 2.53 bits per heavy atom. The van der Waals surface area contributed by atoms with Crippen LogP contribution in [0.4, 0.5) is 0 Å². The predicted molar refractivity (Wildman–Crippen MR) is 119 cm³/mol. The van der Waals surface area contributed by atoms with E-state index >= 15 is 0 Å². The van der Waals surface area contributed by atoms with E-state index in [1.54, 1.807) is 0 Å². The van der Waals surface area contributed by atoms with Gasteiger partial charge in [0.05, 0.1) is 12.2 Å². The number of carbonyl (C=O) groups is 1. The van der Waals surface area contributed by atoms with E-state index in [1.807, 2.05) is 44.2 Å². The van der Waals surface area contributed by atoms with Crippen LogP contribution in [-0.4, -0.2) is 12.6 Å². The monoisotopic (exact) mass is 396 g/mol. The molecule has 0 spiro atoms. The van der Waals surface area contributed by atoms with Crippen molar-refractivity contribution in [1.82, 2.24) is 0 Å². The van der Waals surface area contributed by atoms with Gasteiger partial charge in [-0.05, 0) is 54.3 Å². The Labute approximate surface area is 176 Å². The van der Waals surface area contributed by atoms with Gasteiger partial charge in [-0.1, -0.05) is 66.7 Å². The van der Waals surface area contributed by atoms with Crippen LogP contribution in [0.15, 0.2) is 90.2 Å². The van der Waals surface area contributed by atoms with Gasteiger partial charge in [0.1, 0.15) is 5.76 Å². The van der Waals surface area contributed by atoms with Crippen LogP contribution in [0, 0.1) is 5.92 Å². The molecule has 1 aliphatic heterocycles. The number of esters is 1. The van der Waals surface area contributed by atoms with Crippen LogP contribution >= 0.6 is 0 Å². The second-order valence-electron chi connectivity index (χ2n) is 7.94. The molecule has 1 heterocycles. The summed E-state index contributed by atoms with van der Waals surface area (Å²) in [5.74, 6) is 0.285. The lowest BCUT2D eigenvalue weighted by atomic mass is 9.80. The first-order valence-corrected chi connectivity index (χ1v) is 10.5. The maximum atomic E-state index is 12.8. The van der Waals surface area contributed by atoms with Gasteiger partial charge < -0.3 is 9.47 Å². The normalized spacial score (nSPS) is 22.6. The van der Waals surface area contributed by atoms with E-state index in [2.05, 4.69) is 48.5 Å². The predicted octanol–water partition coefficient (Wildman–Crippen LogP) is 6.01. The molecule has 3 aromatic carbocycles. The fourth-order valence-electron chi connectivity index (χ4n) is 4.88. The number of ether oxygens (including phenoxy) is 2. The van der Waals surface area contributed by atoms with E-state index in [-0.39, 0.29) is 11.9 Å². The molecule has 1 aliphatic carbocycles. The molecule has 2 atom stereocenters. The minimum absolute atomic E-state index is 0.104. The lowest BCUT2D eigenvalue weighted by Gasteiger charge is -2.29. The summed E-state index contributed by atoms with van der Waals surface area (Å²) in [5.41, 5.74) is 3.39. The topological polar surface area (TPSA) is 35.5 Å². The first-order chi connectivity index (χ1) is 14.6. The summed E-state index contributed by atoms with van der Waals surface area (Å²) in [6.45, 7) is 4.07. The zero-order chi connectivity index (χ0) is 20.7. The molecule has 0 aromatic heterocycles. The SMILES string of the molecule is CCOC(=O)C1=C(C)O[C@@]2(c3ccc4ccccc4c3)C=C(c3ccccc3)C[C@@H]12. The molecule has 3 nitrogen and oxygen atoms in total. The van der Waals surface area contributed by atoms with Crippen LogP contribution in [0.1, 0.15) is 31.4 Å². The number of hydrogen-bond donors (Lipinski definition) is 0. The Balaban J connectivity index is 1.66. The molecule has 5 rings (SSSR count). The maximum absolute atomic E-state index is 12.8. The minimum atomic E-state index is -0.693. The van der Waals surface area contributed by atoms with Crippen LogP contribution in [0.2, 0.25) is 0 Å². The first kappa shape index (κ1) is 18.7. The van der Waals surface area contributed by atoms with Crippen molar-refractivity contribution in [2.45, 2.75) is 25.9 Å². The molecule has 0 saturated heterocycles. The Kier molecular flexibility index (Phi) is 4.47. The van der Waals surface area contributed by atoms with Gasteiger partial charge in [-0.25, -0.2) is 4.79 Å². The molecule has 0 saturated carbocycles. The third-order valence-corrected chi connectivity index (χ3v) is 6.22. The van der Waals surface area contributed by atoms with Crippen LogP contribution in [0.5, 0.6) is 0 Å². The van der Waals surface area contributed by atoms with E-state index in [1.165, 1.54) is 11.0 Å². The van der Waals surface area contributed by atoms with E-state index in [0.717, 1.165) is 22.9 Å². The van der Waals surface area contributed by atoms with Gasteiger partial charge in [-0.15, -0.1) is 0 Å². The van der Waals surface area contributed by atoms with Crippen molar-refractivity contribution in [1.29, 1.82) is 0 Å². The molecule has 2 aliphatic rings. The highest BCUT2D eigenvalue weighted by Crippen LogP contribution is 2.56. The minimum Gasteiger partial charge on any atom is -0.482 e. The summed E-state index contributed by atoms with van der Waals surface area (Å²) < 4.78 is 11.9. The highest BCUT2D eigenvalue weighted by molar-refractivity contribution is 5.92. The lowest BCUT2D eigenvalue weighted by Crippen LogP contribution is -2.30. The molecule has 0 amide bonds. The molecule has 0 unspecified atom stereocenters. The summed E-state index contributed by atoms with van der Waals surface area (Å²) in [7, 11) is 0. The zero-order valence-corrected chi connectivity index (χ0v) is 17.2. The van der Waals surface area contributed by atoms with Crippen LogP contribution in [0.3, 0.4) is 0 Å². The molecule has 0 radical (unpaired) electrons. The lowest BCUT2D eigenvalue weighted by molar-refractivity contribution is -0.139. The van der Waals surface area contributed by atoms with E-state index in [0.29, 0.717) is 17.9 Å². The third kappa shape index (κ3) is 2.85. The molecule has 3 aromatic rings. The quantitative estimate of drug-likeness (QED) is 0.507. The van der Waals surface area contributed by atoms with Crippen LogP contribution < -0.4 is 0 Å². The molecule has 30 heavy (non-hydrogen) atoms. The van der Waals surface area contributed by atoms with Crippen LogP contribution in [0.25, 0.3) is 16.3 Å². The number of allylic oxidation sites excluding steroid dienone is 2. The molecule has 0 fully saturated rings. The van der Waals surface area contributed by atoms with Gasteiger partial charge >= 0.3 is 5.97 Å².